The van der Waals surface area contributed by atoms with Gasteiger partial charge in [0, 0.05) is 24.4 Å². The molecule has 1 saturated heterocycles. The van der Waals surface area contributed by atoms with Crippen molar-refractivity contribution in [2.24, 2.45) is 0 Å². The molecule has 1 unspecified atom stereocenters. The van der Waals surface area contributed by atoms with Gasteiger partial charge in [0.2, 0.25) is 0 Å². The lowest BCUT2D eigenvalue weighted by Gasteiger charge is -2.23. The molecule has 0 amide bonds. The van der Waals surface area contributed by atoms with E-state index in [1.165, 1.54) is 12.8 Å². The average Bonchev–Trinajstić information content (AvgIpc) is 2.47. The summed E-state index contributed by atoms with van der Waals surface area (Å²) in [4.78, 5) is 0. The highest BCUT2D eigenvalue weighted by atomic mass is 35.5. The van der Waals surface area contributed by atoms with Crippen LogP contribution in [0.5, 0.6) is 5.75 Å². The minimum absolute atomic E-state index is 0.333. The molecule has 0 aromatic heterocycles. The Morgan fingerprint density at radius 3 is 3.00 bits per heavy atom. The molecule has 1 aliphatic heterocycles. The molecular formula is C15H22ClNO2. The second-order valence-electron chi connectivity index (χ2n) is 4.76. The van der Waals surface area contributed by atoms with Crippen molar-refractivity contribution in [1.82, 2.24) is 0 Å². The van der Waals surface area contributed by atoms with E-state index < -0.39 is 0 Å². The van der Waals surface area contributed by atoms with Gasteiger partial charge in [0.25, 0.3) is 0 Å². The summed E-state index contributed by atoms with van der Waals surface area (Å²) < 4.78 is 11.2. The maximum atomic E-state index is 5.96. The first-order chi connectivity index (χ1) is 9.33. The maximum absolute atomic E-state index is 5.96. The molecule has 0 aliphatic carbocycles. The van der Waals surface area contributed by atoms with Gasteiger partial charge in [-0.3, -0.25) is 0 Å². The number of alkyl halides is 1. The Bertz CT molecular complexity index is 392. The summed E-state index contributed by atoms with van der Waals surface area (Å²) in [5.74, 6) is 1.34. The number of hydrogen-bond acceptors (Lipinski definition) is 3. The Kier molecular flexibility index (Phi) is 5.80. The second kappa shape index (κ2) is 7.61. The minimum Gasteiger partial charge on any atom is -0.494 e. The van der Waals surface area contributed by atoms with Gasteiger partial charge in [0.15, 0.2) is 0 Å². The number of benzene rings is 1. The lowest BCUT2D eigenvalue weighted by Crippen LogP contribution is -2.26. The standard InChI is InChI=1S/C15H22ClNO2/c1-2-18-15-7-6-13(9-12(15)10-16)17-11-14-5-3-4-8-19-14/h6-7,9,14,17H,2-5,8,10-11H2,1H3. The fraction of sp³-hybridized carbons (Fsp3) is 0.600. The zero-order valence-electron chi connectivity index (χ0n) is 11.5. The van der Waals surface area contributed by atoms with Gasteiger partial charge in [-0.15, -0.1) is 11.6 Å². The van der Waals surface area contributed by atoms with Gasteiger partial charge in [0.1, 0.15) is 5.75 Å². The highest BCUT2D eigenvalue weighted by Gasteiger charge is 2.13. The van der Waals surface area contributed by atoms with Gasteiger partial charge in [0.05, 0.1) is 18.6 Å². The summed E-state index contributed by atoms with van der Waals surface area (Å²) in [7, 11) is 0. The van der Waals surface area contributed by atoms with Crippen molar-refractivity contribution in [3.8, 4) is 5.75 Å². The van der Waals surface area contributed by atoms with Crippen LogP contribution in [0.4, 0.5) is 5.69 Å². The number of ether oxygens (including phenoxy) is 2. The molecule has 1 fully saturated rings. The predicted octanol–water partition coefficient (Wildman–Crippen LogP) is 3.81. The van der Waals surface area contributed by atoms with Gasteiger partial charge in [-0.05, 0) is 44.4 Å². The zero-order chi connectivity index (χ0) is 13.5. The molecule has 1 aromatic rings. The molecule has 0 spiro atoms. The van der Waals surface area contributed by atoms with Crippen LogP contribution >= 0.6 is 11.6 Å². The van der Waals surface area contributed by atoms with E-state index >= 15 is 0 Å². The molecule has 1 N–H and O–H groups in total. The molecule has 1 heterocycles. The molecule has 0 saturated carbocycles. The summed E-state index contributed by atoms with van der Waals surface area (Å²) in [6, 6.07) is 6.07. The third-order valence-corrected chi connectivity index (χ3v) is 3.60. The Morgan fingerprint density at radius 2 is 2.32 bits per heavy atom. The molecule has 1 aromatic carbocycles. The quantitative estimate of drug-likeness (QED) is 0.806. The second-order valence-corrected chi connectivity index (χ2v) is 5.03. The summed E-state index contributed by atoms with van der Waals surface area (Å²) in [6.07, 6.45) is 3.94. The molecule has 0 radical (unpaired) electrons. The van der Waals surface area contributed by atoms with Crippen molar-refractivity contribution in [1.29, 1.82) is 0 Å². The van der Waals surface area contributed by atoms with Crippen molar-refractivity contribution in [2.75, 3.05) is 25.1 Å². The van der Waals surface area contributed by atoms with Gasteiger partial charge in [-0.2, -0.15) is 0 Å². The van der Waals surface area contributed by atoms with Crippen LogP contribution in [0.25, 0.3) is 0 Å². The normalized spacial score (nSPS) is 19.2. The Balaban J connectivity index is 1.92. The van der Waals surface area contributed by atoms with Crippen LogP contribution in [0.1, 0.15) is 31.7 Å². The number of rotatable bonds is 6. The van der Waals surface area contributed by atoms with Gasteiger partial charge in [-0.25, -0.2) is 0 Å². The van der Waals surface area contributed by atoms with E-state index in [0.717, 1.165) is 36.6 Å². The molecule has 1 aliphatic rings. The summed E-state index contributed by atoms with van der Waals surface area (Å²) in [5, 5.41) is 3.42. The summed E-state index contributed by atoms with van der Waals surface area (Å²) >= 11 is 5.96. The number of nitrogens with one attached hydrogen (secondary N) is 1. The fourth-order valence-corrected chi connectivity index (χ4v) is 2.50. The smallest absolute Gasteiger partial charge is 0.123 e. The summed E-state index contributed by atoms with van der Waals surface area (Å²) in [5.41, 5.74) is 2.10. The van der Waals surface area contributed by atoms with Gasteiger partial charge in [-0.1, -0.05) is 0 Å². The third-order valence-electron chi connectivity index (χ3n) is 3.31. The first-order valence-electron chi connectivity index (χ1n) is 7.00. The fourth-order valence-electron chi connectivity index (χ4n) is 2.29. The van der Waals surface area contributed by atoms with Crippen LogP contribution < -0.4 is 10.1 Å². The largest absolute Gasteiger partial charge is 0.494 e. The van der Waals surface area contributed by atoms with Crippen molar-refractivity contribution < 1.29 is 9.47 Å². The van der Waals surface area contributed by atoms with E-state index in [2.05, 4.69) is 11.4 Å². The number of anilines is 1. The summed E-state index contributed by atoms with van der Waals surface area (Å²) in [6.45, 7) is 4.38. The van der Waals surface area contributed by atoms with Gasteiger partial charge < -0.3 is 14.8 Å². The minimum atomic E-state index is 0.333. The van der Waals surface area contributed by atoms with Crippen molar-refractivity contribution in [3.05, 3.63) is 23.8 Å². The van der Waals surface area contributed by atoms with E-state index in [1.54, 1.807) is 0 Å². The first kappa shape index (κ1) is 14.5. The monoisotopic (exact) mass is 283 g/mol. The van der Waals surface area contributed by atoms with E-state index in [4.69, 9.17) is 21.1 Å². The van der Waals surface area contributed by atoms with Crippen LogP contribution in [-0.2, 0) is 10.6 Å². The third kappa shape index (κ3) is 4.29. The Morgan fingerprint density at radius 1 is 1.42 bits per heavy atom. The van der Waals surface area contributed by atoms with Crippen LogP contribution in [0.2, 0.25) is 0 Å². The van der Waals surface area contributed by atoms with Gasteiger partial charge >= 0.3 is 0 Å². The van der Waals surface area contributed by atoms with E-state index in [-0.39, 0.29) is 0 Å². The van der Waals surface area contributed by atoms with Crippen LogP contribution in [0, 0.1) is 0 Å². The SMILES string of the molecule is CCOc1ccc(NCC2CCCCO2)cc1CCl. The van der Waals surface area contributed by atoms with E-state index in [1.807, 2.05) is 19.1 Å². The molecule has 0 bridgehead atoms. The highest BCUT2D eigenvalue weighted by Crippen LogP contribution is 2.25. The van der Waals surface area contributed by atoms with Crippen LogP contribution in [0.3, 0.4) is 0 Å². The van der Waals surface area contributed by atoms with E-state index in [9.17, 15) is 0 Å². The van der Waals surface area contributed by atoms with E-state index in [0.29, 0.717) is 18.6 Å². The molecule has 4 heteroatoms. The topological polar surface area (TPSA) is 30.5 Å². The Labute approximate surface area is 120 Å². The maximum Gasteiger partial charge on any atom is 0.123 e. The lowest BCUT2D eigenvalue weighted by molar-refractivity contribution is 0.0247. The highest BCUT2D eigenvalue weighted by molar-refractivity contribution is 6.17. The lowest BCUT2D eigenvalue weighted by atomic mass is 10.1. The molecule has 1 atom stereocenters. The van der Waals surface area contributed by atoms with Crippen molar-refractivity contribution >= 4 is 17.3 Å². The van der Waals surface area contributed by atoms with Crippen molar-refractivity contribution in [2.45, 2.75) is 38.2 Å². The molecule has 106 valence electrons. The molecular weight excluding hydrogens is 262 g/mol. The predicted molar refractivity (Wildman–Crippen MR) is 79.2 cm³/mol. The molecule has 2 rings (SSSR count). The molecule has 3 nitrogen and oxygen atoms in total. The zero-order valence-corrected chi connectivity index (χ0v) is 12.2. The molecule has 19 heavy (non-hydrogen) atoms. The van der Waals surface area contributed by atoms with Crippen molar-refractivity contribution in [3.63, 3.8) is 0 Å². The number of hydrogen-bond donors (Lipinski definition) is 1. The average molecular weight is 284 g/mol. The Hall–Kier alpha value is -0.930. The first-order valence-corrected chi connectivity index (χ1v) is 7.54. The number of halogens is 1. The van der Waals surface area contributed by atoms with Crippen LogP contribution in [0.15, 0.2) is 18.2 Å². The van der Waals surface area contributed by atoms with Crippen LogP contribution in [-0.4, -0.2) is 25.9 Å².